The van der Waals surface area contributed by atoms with Crippen LogP contribution in [0.5, 0.6) is 5.75 Å². The second-order valence-electron chi connectivity index (χ2n) is 10.4. The molecule has 1 heterocycles. The molecule has 0 bridgehead atoms. The number of fused-ring (bicyclic) bond motifs is 4. The zero-order valence-electron chi connectivity index (χ0n) is 22.6. The molecule has 1 saturated heterocycles. The minimum Gasteiger partial charge on any atom is -0.507 e. The molecule has 1 N–H and O–H groups in total. The van der Waals surface area contributed by atoms with Crippen LogP contribution in [-0.4, -0.2) is 52.9 Å². The van der Waals surface area contributed by atoms with Crippen LogP contribution < -0.4 is 0 Å². The second-order valence-corrected chi connectivity index (χ2v) is 10.4. The summed E-state index contributed by atoms with van der Waals surface area (Å²) in [5, 5.41) is 11.4. The van der Waals surface area contributed by atoms with Crippen molar-refractivity contribution in [2.75, 3.05) is 0 Å². The number of rotatable bonds is 4. The molecule has 5 rings (SSSR count). The molecule has 1 unspecified atom stereocenters. The standard InChI is InChI=1S/C30H30O10/c1-13-30(40-16(4)33)23(39-15(3)32)12-22(37-13)18-10-11-20-26(27(18)34)29(36)19-9-8-17-6-5-7-21(38-14(2)31)24(17)25(19)28(20)35/h8-11,13,21-23,30,34H,5-7,12H2,1-4H3/t13-,21?,22-,23+,30-/m1/s1. The lowest BCUT2D eigenvalue weighted by Crippen LogP contribution is -2.48. The number of ether oxygens (including phenoxy) is 4. The summed E-state index contributed by atoms with van der Waals surface area (Å²) in [5.74, 6) is -2.98. The second kappa shape index (κ2) is 10.5. The Balaban J connectivity index is 1.54. The van der Waals surface area contributed by atoms with Gasteiger partial charge < -0.3 is 24.1 Å². The number of phenolic OH excluding ortho intramolecular Hbond substituents is 1. The van der Waals surface area contributed by atoms with E-state index in [2.05, 4.69) is 0 Å². The van der Waals surface area contributed by atoms with Gasteiger partial charge in [-0.25, -0.2) is 0 Å². The van der Waals surface area contributed by atoms with Gasteiger partial charge in [-0.3, -0.25) is 24.0 Å². The van der Waals surface area contributed by atoms with Crippen LogP contribution in [0.25, 0.3) is 0 Å². The minimum absolute atomic E-state index is 0.0393. The molecule has 5 atom stereocenters. The van der Waals surface area contributed by atoms with Gasteiger partial charge in [0.2, 0.25) is 0 Å². The Kier molecular flexibility index (Phi) is 7.22. The third-order valence-electron chi connectivity index (χ3n) is 7.65. The molecule has 0 radical (unpaired) electrons. The predicted octanol–water partition coefficient (Wildman–Crippen LogP) is 3.82. The lowest BCUT2D eigenvalue weighted by Gasteiger charge is -2.39. The van der Waals surface area contributed by atoms with E-state index in [0.717, 1.165) is 12.0 Å². The molecule has 0 spiro atoms. The number of hydrogen-bond acceptors (Lipinski definition) is 10. The SMILES string of the molecule is CC(=O)OC1CCCc2ccc3c(c21)C(=O)c1ccc([C@H]2C[C@H](OC(C)=O)[C@H](OC(C)=O)[C@@H](C)O2)c(O)c1C3=O. The van der Waals surface area contributed by atoms with Crippen LogP contribution in [0, 0.1) is 0 Å². The Morgan fingerprint density at radius 3 is 2.17 bits per heavy atom. The van der Waals surface area contributed by atoms with Crippen LogP contribution in [0.1, 0.15) is 108 Å². The highest BCUT2D eigenvalue weighted by molar-refractivity contribution is 6.30. The van der Waals surface area contributed by atoms with Crippen molar-refractivity contribution in [3.63, 3.8) is 0 Å². The van der Waals surface area contributed by atoms with Gasteiger partial charge in [0.1, 0.15) is 18.0 Å². The Labute approximate surface area is 230 Å². The van der Waals surface area contributed by atoms with Gasteiger partial charge in [-0.05, 0) is 43.9 Å². The number of ketones is 2. The quantitative estimate of drug-likeness (QED) is 0.376. The first-order chi connectivity index (χ1) is 19.0. The molecule has 2 aliphatic carbocycles. The van der Waals surface area contributed by atoms with Crippen LogP contribution in [0.2, 0.25) is 0 Å². The summed E-state index contributed by atoms with van der Waals surface area (Å²) in [7, 11) is 0. The molecule has 210 valence electrons. The number of phenols is 1. The van der Waals surface area contributed by atoms with Crippen molar-refractivity contribution in [2.45, 2.75) is 83.9 Å². The average Bonchev–Trinajstić information content (AvgIpc) is 2.87. The van der Waals surface area contributed by atoms with Gasteiger partial charge in [0.15, 0.2) is 17.7 Å². The molecule has 2 aromatic rings. The van der Waals surface area contributed by atoms with E-state index >= 15 is 0 Å². The average molecular weight is 551 g/mol. The minimum atomic E-state index is -0.858. The summed E-state index contributed by atoms with van der Waals surface area (Å²) in [6.07, 6.45) is -1.82. The van der Waals surface area contributed by atoms with Crippen LogP contribution in [0.15, 0.2) is 24.3 Å². The number of carbonyl (C=O) groups excluding carboxylic acids is 5. The first-order valence-corrected chi connectivity index (χ1v) is 13.3. The lowest BCUT2D eigenvalue weighted by atomic mass is 9.75. The maximum Gasteiger partial charge on any atom is 0.303 e. The number of hydrogen-bond donors (Lipinski definition) is 1. The highest BCUT2D eigenvalue weighted by Crippen LogP contribution is 2.45. The Morgan fingerprint density at radius 1 is 0.875 bits per heavy atom. The van der Waals surface area contributed by atoms with E-state index in [0.29, 0.717) is 18.4 Å². The smallest absolute Gasteiger partial charge is 0.303 e. The van der Waals surface area contributed by atoms with E-state index in [-0.39, 0.29) is 34.2 Å². The molecule has 0 saturated carbocycles. The van der Waals surface area contributed by atoms with Crippen molar-refractivity contribution >= 4 is 29.5 Å². The van der Waals surface area contributed by atoms with Crippen LogP contribution in [-0.2, 0) is 39.8 Å². The molecule has 1 aliphatic heterocycles. The van der Waals surface area contributed by atoms with Gasteiger partial charge >= 0.3 is 17.9 Å². The van der Waals surface area contributed by atoms with E-state index in [1.165, 1.54) is 32.9 Å². The van der Waals surface area contributed by atoms with Crippen LogP contribution >= 0.6 is 0 Å². The van der Waals surface area contributed by atoms with E-state index in [1.807, 2.05) is 0 Å². The Hall–Kier alpha value is -4.05. The maximum absolute atomic E-state index is 13.8. The van der Waals surface area contributed by atoms with Gasteiger partial charge in [0, 0.05) is 55.0 Å². The summed E-state index contributed by atoms with van der Waals surface area (Å²) in [4.78, 5) is 62.8. The summed E-state index contributed by atoms with van der Waals surface area (Å²) >= 11 is 0. The largest absolute Gasteiger partial charge is 0.507 e. The van der Waals surface area contributed by atoms with E-state index in [4.69, 9.17) is 18.9 Å². The lowest BCUT2D eigenvalue weighted by molar-refractivity contribution is -0.204. The third kappa shape index (κ3) is 4.77. The summed E-state index contributed by atoms with van der Waals surface area (Å²) in [6.45, 7) is 5.44. The number of carbonyl (C=O) groups is 5. The highest BCUT2D eigenvalue weighted by Gasteiger charge is 2.44. The number of aryl methyl sites for hydroxylation is 1. The van der Waals surface area contributed by atoms with E-state index in [1.54, 1.807) is 19.1 Å². The fourth-order valence-corrected chi connectivity index (χ4v) is 6.11. The molecule has 0 amide bonds. The van der Waals surface area contributed by atoms with Crippen LogP contribution in [0.4, 0.5) is 0 Å². The van der Waals surface area contributed by atoms with Gasteiger partial charge in [-0.1, -0.05) is 12.1 Å². The molecule has 10 heteroatoms. The fourth-order valence-electron chi connectivity index (χ4n) is 6.11. The first-order valence-electron chi connectivity index (χ1n) is 13.3. The van der Waals surface area contributed by atoms with E-state index < -0.39 is 65.7 Å². The number of esters is 3. The summed E-state index contributed by atoms with van der Waals surface area (Å²) in [5.41, 5.74) is 1.88. The normalized spacial score (nSPS) is 25.2. The molecule has 10 nitrogen and oxygen atoms in total. The zero-order valence-corrected chi connectivity index (χ0v) is 22.6. The zero-order chi connectivity index (χ0) is 28.9. The van der Waals surface area contributed by atoms with Crippen molar-refractivity contribution in [3.8, 4) is 5.75 Å². The number of aromatic hydroxyl groups is 1. The topological polar surface area (TPSA) is 143 Å². The summed E-state index contributed by atoms with van der Waals surface area (Å²) < 4.78 is 22.3. The van der Waals surface area contributed by atoms with Crippen molar-refractivity contribution in [1.29, 1.82) is 0 Å². The number of benzene rings is 2. The predicted molar refractivity (Wildman–Crippen MR) is 138 cm³/mol. The van der Waals surface area contributed by atoms with Gasteiger partial charge in [-0.2, -0.15) is 0 Å². The van der Waals surface area contributed by atoms with E-state index in [9.17, 15) is 29.1 Å². The van der Waals surface area contributed by atoms with Crippen molar-refractivity contribution < 1.29 is 48.0 Å². The molecule has 40 heavy (non-hydrogen) atoms. The summed E-state index contributed by atoms with van der Waals surface area (Å²) in [6, 6.07) is 6.34. The molecular weight excluding hydrogens is 520 g/mol. The van der Waals surface area contributed by atoms with Gasteiger partial charge in [-0.15, -0.1) is 0 Å². The van der Waals surface area contributed by atoms with Crippen molar-refractivity contribution in [2.24, 2.45) is 0 Å². The molecule has 2 aromatic carbocycles. The van der Waals surface area contributed by atoms with Crippen molar-refractivity contribution in [3.05, 3.63) is 63.2 Å². The molecule has 3 aliphatic rings. The Morgan fingerprint density at radius 2 is 1.50 bits per heavy atom. The fraction of sp³-hybridized carbons (Fsp3) is 0.433. The highest BCUT2D eigenvalue weighted by atomic mass is 16.6. The molecule has 1 fully saturated rings. The molecular formula is C30H30O10. The third-order valence-corrected chi connectivity index (χ3v) is 7.65. The monoisotopic (exact) mass is 550 g/mol. The Bertz CT molecular complexity index is 1440. The van der Waals surface area contributed by atoms with Crippen molar-refractivity contribution in [1.82, 2.24) is 0 Å². The molecule has 0 aromatic heterocycles. The maximum atomic E-state index is 13.8. The van der Waals surface area contributed by atoms with Gasteiger partial charge in [0.25, 0.3) is 0 Å². The van der Waals surface area contributed by atoms with Crippen LogP contribution in [0.3, 0.4) is 0 Å². The van der Waals surface area contributed by atoms with Gasteiger partial charge in [0.05, 0.1) is 17.8 Å². The first kappa shape index (κ1) is 27.5.